The molecule has 2 aromatic rings. The summed E-state index contributed by atoms with van der Waals surface area (Å²) >= 11 is 7.40. The van der Waals surface area contributed by atoms with Crippen LogP contribution in [0.2, 0.25) is 5.02 Å². The van der Waals surface area contributed by atoms with Crippen molar-refractivity contribution in [2.45, 2.75) is 6.54 Å². The molecule has 0 amide bonds. The van der Waals surface area contributed by atoms with E-state index in [4.69, 9.17) is 11.6 Å². The first-order chi connectivity index (χ1) is 7.29. The highest BCUT2D eigenvalue weighted by atomic mass is 35.5. The van der Waals surface area contributed by atoms with Gasteiger partial charge in [0.1, 0.15) is 10.0 Å². The molecule has 0 bridgehead atoms. The normalized spacial score (nSPS) is 10.5. The zero-order chi connectivity index (χ0) is 10.7. The summed E-state index contributed by atoms with van der Waals surface area (Å²) < 4.78 is 0. The van der Waals surface area contributed by atoms with Crippen LogP contribution < -0.4 is 5.32 Å². The molecular weight excluding hydrogens is 230 g/mol. The molecule has 0 spiro atoms. The zero-order valence-corrected chi connectivity index (χ0v) is 9.77. The summed E-state index contributed by atoms with van der Waals surface area (Å²) in [5.41, 5.74) is 1.05. The molecule has 1 N–H and O–H groups in total. The minimum Gasteiger partial charge on any atom is -0.313 e. The summed E-state index contributed by atoms with van der Waals surface area (Å²) in [6, 6.07) is 7.62. The second-order valence-electron chi connectivity index (χ2n) is 3.04. The molecule has 5 heteroatoms. The van der Waals surface area contributed by atoms with Crippen molar-refractivity contribution in [3.63, 3.8) is 0 Å². The first-order valence-corrected chi connectivity index (χ1v) is 5.72. The topological polar surface area (TPSA) is 37.8 Å². The molecule has 0 atom stereocenters. The van der Waals surface area contributed by atoms with Gasteiger partial charge in [-0.1, -0.05) is 35.1 Å². The maximum Gasteiger partial charge on any atom is 0.147 e. The van der Waals surface area contributed by atoms with E-state index in [1.165, 1.54) is 0 Å². The number of aromatic nitrogens is 2. The molecule has 1 heterocycles. The van der Waals surface area contributed by atoms with E-state index in [9.17, 15) is 0 Å². The van der Waals surface area contributed by atoms with Crippen molar-refractivity contribution in [1.82, 2.24) is 15.5 Å². The van der Waals surface area contributed by atoms with Crippen LogP contribution in [0.1, 0.15) is 5.01 Å². The minimum absolute atomic E-state index is 0.735. The minimum atomic E-state index is 0.735. The van der Waals surface area contributed by atoms with Crippen LogP contribution in [-0.2, 0) is 6.54 Å². The molecule has 0 aliphatic heterocycles. The van der Waals surface area contributed by atoms with Crippen LogP contribution in [0.3, 0.4) is 0 Å². The van der Waals surface area contributed by atoms with E-state index in [1.54, 1.807) is 11.3 Å². The monoisotopic (exact) mass is 239 g/mol. The maximum absolute atomic E-state index is 5.81. The molecule has 0 unspecified atom stereocenters. The second kappa shape index (κ2) is 4.70. The lowest BCUT2D eigenvalue weighted by Gasteiger charge is -1.94. The molecule has 0 saturated heterocycles. The molecular formula is C10H10ClN3S. The Bertz CT molecular complexity index is 438. The van der Waals surface area contributed by atoms with Gasteiger partial charge in [0.15, 0.2) is 0 Å². The lowest BCUT2D eigenvalue weighted by molar-refractivity contribution is 0.795. The van der Waals surface area contributed by atoms with E-state index in [2.05, 4.69) is 15.5 Å². The van der Waals surface area contributed by atoms with E-state index in [1.807, 2.05) is 31.3 Å². The number of hydrogen-bond acceptors (Lipinski definition) is 4. The maximum atomic E-state index is 5.81. The summed E-state index contributed by atoms with van der Waals surface area (Å²) in [6.45, 7) is 0.755. The molecule has 2 rings (SSSR count). The van der Waals surface area contributed by atoms with Crippen LogP contribution in [0.4, 0.5) is 0 Å². The Labute approximate surface area is 97.1 Å². The van der Waals surface area contributed by atoms with E-state index < -0.39 is 0 Å². The molecule has 1 aromatic heterocycles. The average Bonchev–Trinajstić information content (AvgIpc) is 2.68. The first kappa shape index (κ1) is 10.5. The van der Waals surface area contributed by atoms with Gasteiger partial charge < -0.3 is 5.32 Å². The first-order valence-electron chi connectivity index (χ1n) is 4.52. The highest BCUT2D eigenvalue weighted by molar-refractivity contribution is 7.14. The van der Waals surface area contributed by atoms with Gasteiger partial charge in [-0.3, -0.25) is 0 Å². The number of halogens is 1. The van der Waals surface area contributed by atoms with Crippen molar-refractivity contribution in [1.29, 1.82) is 0 Å². The van der Waals surface area contributed by atoms with E-state index in [0.717, 1.165) is 27.1 Å². The standard InChI is InChI=1S/C10H10ClN3S/c1-12-6-9-13-14-10(15-9)7-2-4-8(11)5-3-7/h2-5,12H,6H2,1H3. The molecule has 15 heavy (non-hydrogen) atoms. The van der Waals surface area contributed by atoms with Crippen molar-refractivity contribution < 1.29 is 0 Å². The number of hydrogen-bond donors (Lipinski definition) is 1. The second-order valence-corrected chi connectivity index (χ2v) is 4.54. The Hall–Kier alpha value is -0.970. The Balaban J connectivity index is 2.25. The van der Waals surface area contributed by atoms with Gasteiger partial charge in [0, 0.05) is 17.1 Å². The summed E-state index contributed by atoms with van der Waals surface area (Å²) in [6.07, 6.45) is 0. The number of rotatable bonds is 3. The third kappa shape index (κ3) is 2.53. The van der Waals surface area contributed by atoms with Crippen molar-refractivity contribution >= 4 is 22.9 Å². The quantitative estimate of drug-likeness (QED) is 0.895. The summed E-state index contributed by atoms with van der Waals surface area (Å²) in [5.74, 6) is 0. The van der Waals surface area contributed by atoms with Gasteiger partial charge in [0.25, 0.3) is 0 Å². The van der Waals surface area contributed by atoms with Crippen molar-refractivity contribution in [2.24, 2.45) is 0 Å². The van der Waals surface area contributed by atoms with Crippen LogP contribution in [0.5, 0.6) is 0 Å². The third-order valence-corrected chi connectivity index (χ3v) is 3.11. The van der Waals surface area contributed by atoms with Crippen LogP contribution in [0.15, 0.2) is 24.3 Å². The van der Waals surface area contributed by atoms with Gasteiger partial charge in [-0.25, -0.2) is 0 Å². The highest BCUT2D eigenvalue weighted by Gasteiger charge is 2.05. The molecule has 0 aliphatic carbocycles. The molecule has 78 valence electrons. The lowest BCUT2D eigenvalue weighted by atomic mass is 10.2. The fourth-order valence-corrected chi connectivity index (χ4v) is 2.17. The largest absolute Gasteiger partial charge is 0.313 e. The fraction of sp³-hybridized carbons (Fsp3) is 0.200. The van der Waals surface area contributed by atoms with Gasteiger partial charge in [-0.2, -0.15) is 0 Å². The summed E-state index contributed by atoms with van der Waals surface area (Å²) in [5, 5.41) is 13.9. The van der Waals surface area contributed by atoms with Crippen molar-refractivity contribution in [2.75, 3.05) is 7.05 Å². The molecule has 1 aromatic carbocycles. The van der Waals surface area contributed by atoms with Gasteiger partial charge in [-0.05, 0) is 19.2 Å². The van der Waals surface area contributed by atoms with Crippen molar-refractivity contribution in [3.05, 3.63) is 34.3 Å². The van der Waals surface area contributed by atoms with Crippen LogP contribution in [0.25, 0.3) is 10.6 Å². The summed E-state index contributed by atoms with van der Waals surface area (Å²) in [7, 11) is 1.89. The summed E-state index contributed by atoms with van der Waals surface area (Å²) in [4.78, 5) is 0. The predicted octanol–water partition coefficient (Wildman–Crippen LogP) is 2.58. The predicted molar refractivity (Wildman–Crippen MR) is 63.1 cm³/mol. The Morgan fingerprint density at radius 1 is 1.27 bits per heavy atom. The van der Waals surface area contributed by atoms with Crippen molar-refractivity contribution in [3.8, 4) is 10.6 Å². The number of benzene rings is 1. The Morgan fingerprint density at radius 2 is 2.00 bits per heavy atom. The molecule has 0 aliphatic rings. The highest BCUT2D eigenvalue weighted by Crippen LogP contribution is 2.24. The number of nitrogens with one attached hydrogen (secondary N) is 1. The Morgan fingerprint density at radius 3 is 2.67 bits per heavy atom. The Kier molecular flexibility index (Phi) is 3.30. The molecule has 3 nitrogen and oxygen atoms in total. The average molecular weight is 240 g/mol. The van der Waals surface area contributed by atoms with Gasteiger partial charge in [0.2, 0.25) is 0 Å². The molecule has 0 radical (unpaired) electrons. The van der Waals surface area contributed by atoms with E-state index >= 15 is 0 Å². The van der Waals surface area contributed by atoms with Crippen LogP contribution in [-0.4, -0.2) is 17.2 Å². The van der Waals surface area contributed by atoms with Gasteiger partial charge in [0.05, 0.1) is 0 Å². The van der Waals surface area contributed by atoms with Gasteiger partial charge >= 0.3 is 0 Å². The van der Waals surface area contributed by atoms with Crippen LogP contribution in [0, 0.1) is 0 Å². The fourth-order valence-electron chi connectivity index (χ4n) is 1.19. The smallest absolute Gasteiger partial charge is 0.147 e. The SMILES string of the molecule is CNCc1nnc(-c2ccc(Cl)cc2)s1. The van der Waals surface area contributed by atoms with Gasteiger partial charge in [-0.15, -0.1) is 10.2 Å². The lowest BCUT2D eigenvalue weighted by Crippen LogP contribution is -2.04. The molecule has 0 saturated carbocycles. The number of nitrogens with zero attached hydrogens (tertiary/aromatic N) is 2. The van der Waals surface area contributed by atoms with E-state index in [-0.39, 0.29) is 0 Å². The zero-order valence-electron chi connectivity index (χ0n) is 8.20. The third-order valence-electron chi connectivity index (χ3n) is 1.89. The van der Waals surface area contributed by atoms with Crippen LogP contribution >= 0.6 is 22.9 Å². The molecule has 0 fully saturated rings. The van der Waals surface area contributed by atoms with E-state index in [0.29, 0.717) is 0 Å².